The lowest BCUT2D eigenvalue weighted by atomic mass is 9.90. The lowest BCUT2D eigenvalue weighted by molar-refractivity contribution is 0.383. The van der Waals surface area contributed by atoms with Crippen LogP contribution in [0.3, 0.4) is 0 Å². The molecule has 1 aliphatic rings. The molecule has 0 heterocycles. The van der Waals surface area contributed by atoms with E-state index in [0.29, 0.717) is 11.7 Å². The minimum Gasteiger partial charge on any atom is -0.494 e. The number of ether oxygens (including phenoxy) is 1. The van der Waals surface area contributed by atoms with E-state index in [1.165, 1.54) is 7.11 Å². The third-order valence-corrected chi connectivity index (χ3v) is 2.59. The van der Waals surface area contributed by atoms with E-state index < -0.39 is 0 Å². The molecule has 1 aliphatic carbocycles. The minimum absolute atomic E-state index is 0.207. The summed E-state index contributed by atoms with van der Waals surface area (Å²) in [6.45, 7) is 2.08. The largest absolute Gasteiger partial charge is 0.494 e. The number of rotatable bonds is 1. The molecular formula is C12H13FO. The number of fused-ring (bicyclic) bond motifs is 1. The number of allylic oxidation sites excluding steroid dienone is 1. The predicted octanol–water partition coefficient (Wildman–Crippen LogP) is 3.04. The van der Waals surface area contributed by atoms with Gasteiger partial charge in [-0.3, -0.25) is 0 Å². The average Bonchev–Trinajstić information content (AvgIpc) is 2.20. The van der Waals surface area contributed by atoms with Gasteiger partial charge in [0.05, 0.1) is 7.11 Å². The molecule has 74 valence electrons. The highest BCUT2D eigenvalue weighted by Gasteiger charge is 2.17. The van der Waals surface area contributed by atoms with Gasteiger partial charge in [0.1, 0.15) is 0 Å². The molecule has 1 nitrogen and oxygen atoms in total. The van der Waals surface area contributed by atoms with Gasteiger partial charge in [-0.2, -0.15) is 0 Å². The Morgan fingerprint density at radius 2 is 2.21 bits per heavy atom. The molecule has 2 heteroatoms. The van der Waals surface area contributed by atoms with E-state index in [2.05, 4.69) is 13.0 Å². The molecule has 0 aromatic heterocycles. The molecule has 14 heavy (non-hydrogen) atoms. The highest BCUT2D eigenvalue weighted by Crippen LogP contribution is 2.30. The average molecular weight is 192 g/mol. The first-order chi connectivity index (χ1) is 6.72. The van der Waals surface area contributed by atoms with Crippen molar-refractivity contribution in [2.24, 2.45) is 5.92 Å². The first kappa shape index (κ1) is 9.25. The first-order valence-electron chi connectivity index (χ1n) is 4.76. The van der Waals surface area contributed by atoms with Crippen LogP contribution in [0.1, 0.15) is 18.1 Å². The Hall–Kier alpha value is -1.31. The normalized spacial score (nSPS) is 19.2. The van der Waals surface area contributed by atoms with Crippen molar-refractivity contribution in [3.63, 3.8) is 0 Å². The van der Waals surface area contributed by atoms with Crippen LogP contribution >= 0.6 is 0 Å². The fourth-order valence-electron chi connectivity index (χ4n) is 1.79. The molecule has 0 amide bonds. The molecule has 1 atom stereocenters. The zero-order valence-corrected chi connectivity index (χ0v) is 8.38. The van der Waals surface area contributed by atoms with Gasteiger partial charge in [0.2, 0.25) is 0 Å². The quantitative estimate of drug-likeness (QED) is 0.664. The van der Waals surface area contributed by atoms with Crippen molar-refractivity contribution < 1.29 is 9.13 Å². The highest BCUT2D eigenvalue weighted by atomic mass is 19.1. The van der Waals surface area contributed by atoms with Crippen LogP contribution in [0.4, 0.5) is 4.39 Å². The number of benzene rings is 1. The topological polar surface area (TPSA) is 9.23 Å². The number of methoxy groups -OCH3 is 1. The van der Waals surface area contributed by atoms with Crippen LogP contribution in [0.2, 0.25) is 0 Å². The molecule has 1 unspecified atom stereocenters. The van der Waals surface area contributed by atoms with Crippen LogP contribution in [0.15, 0.2) is 18.2 Å². The summed E-state index contributed by atoms with van der Waals surface area (Å²) in [5, 5.41) is 0. The maximum absolute atomic E-state index is 13.8. The fraction of sp³-hybridized carbons (Fsp3) is 0.333. The molecule has 0 saturated carbocycles. The maximum Gasteiger partial charge on any atom is 0.168 e. The van der Waals surface area contributed by atoms with E-state index >= 15 is 0 Å². The van der Waals surface area contributed by atoms with Crippen molar-refractivity contribution in [1.29, 1.82) is 0 Å². The molecule has 0 saturated heterocycles. The standard InChI is InChI=1S/C12H13FO/c1-8-3-4-9-5-6-11(14-2)12(13)10(9)7-8/h3-6,8H,7H2,1-2H3. The van der Waals surface area contributed by atoms with Gasteiger partial charge in [-0.05, 0) is 29.5 Å². The lowest BCUT2D eigenvalue weighted by Crippen LogP contribution is -2.06. The molecule has 0 N–H and O–H groups in total. The van der Waals surface area contributed by atoms with E-state index in [9.17, 15) is 4.39 Å². The van der Waals surface area contributed by atoms with Gasteiger partial charge >= 0.3 is 0 Å². The van der Waals surface area contributed by atoms with Crippen LogP contribution in [0.5, 0.6) is 5.75 Å². The summed E-state index contributed by atoms with van der Waals surface area (Å²) in [6, 6.07) is 3.58. The summed E-state index contributed by atoms with van der Waals surface area (Å²) >= 11 is 0. The number of hydrogen-bond acceptors (Lipinski definition) is 1. The fourth-order valence-corrected chi connectivity index (χ4v) is 1.79. The SMILES string of the molecule is COc1ccc2c(c1F)CC(C)C=C2. The Labute approximate surface area is 83.2 Å². The van der Waals surface area contributed by atoms with E-state index in [4.69, 9.17) is 4.74 Å². The number of halogens is 1. The van der Waals surface area contributed by atoms with E-state index in [1.54, 1.807) is 6.07 Å². The van der Waals surface area contributed by atoms with Gasteiger partial charge in [0.15, 0.2) is 11.6 Å². The van der Waals surface area contributed by atoms with Crippen molar-refractivity contribution in [3.8, 4) is 5.75 Å². The Bertz CT molecular complexity index is 382. The van der Waals surface area contributed by atoms with E-state index in [1.807, 2.05) is 12.1 Å². The molecule has 0 radical (unpaired) electrons. The van der Waals surface area contributed by atoms with Gasteiger partial charge in [0, 0.05) is 0 Å². The summed E-state index contributed by atoms with van der Waals surface area (Å²) in [4.78, 5) is 0. The zero-order valence-electron chi connectivity index (χ0n) is 8.38. The molecule has 0 aliphatic heterocycles. The third kappa shape index (κ3) is 1.41. The third-order valence-electron chi connectivity index (χ3n) is 2.59. The van der Waals surface area contributed by atoms with Crippen LogP contribution < -0.4 is 4.74 Å². The van der Waals surface area contributed by atoms with Crippen molar-refractivity contribution in [2.45, 2.75) is 13.3 Å². The molecule has 0 spiro atoms. The summed E-state index contributed by atoms with van der Waals surface area (Å²) in [5.41, 5.74) is 1.75. The van der Waals surface area contributed by atoms with Gasteiger partial charge in [0.25, 0.3) is 0 Å². The summed E-state index contributed by atoms with van der Waals surface area (Å²) in [5.74, 6) is 0.538. The van der Waals surface area contributed by atoms with Crippen molar-refractivity contribution >= 4 is 6.08 Å². The summed E-state index contributed by atoms with van der Waals surface area (Å²) in [7, 11) is 1.49. The van der Waals surface area contributed by atoms with Crippen molar-refractivity contribution in [2.75, 3.05) is 7.11 Å². The summed E-state index contributed by atoms with van der Waals surface area (Å²) < 4.78 is 18.7. The smallest absolute Gasteiger partial charge is 0.168 e. The molecule has 2 rings (SSSR count). The lowest BCUT2D eigenvalue weighted by Gasteiger charge is -2.17. The number of hydrogen-bond donors (Lipinski definition) is 0. The van der Waals surface area contributed by atoms with Crippen molar-refractivity contribution in [3.05, 3.63) is 35.2 Å². The molecular weight excluding hydrogens is 179 g/mol. The van der Waals surface area contributed by atoms with Gasteiger partial charge < -0.3 is 4.74 Å². The van der Waals surface area contributed by atoms with Gasteiger partial charge in [-0.15, -0.1) is 0 Å². The van der Waals surface area contributed by atoms with Crippen LogP contribution in [-0.4, -0.2) is 7.11 Å². The van der Waals surface area contributed by atoms with Gasteiger partial charge in [-0.25, -0.2) is 4.39 Å². The zero-order chi connectivity index (χ0) is 10.1. The second kappa shape index (κ2) is 3.45. The Morgan fingerprint density at radius 1 is 1.43 bits per heavy atom. The maximum atomic E-state index is 13.8. The molecule has 0 fully saturated rings. The van der Waals surface area contributed by atoms with E-state index in [-0.39, 0.29) is 5.82 Å². The predicted molar refractivity (Wildman–Crippen MR) is 54.9 cm³/mol. The second-order valence-corrected chi connectivity index (χ2v) is 3.69. The highest BCUT2D eigenvalue weighted by molar-refractivity contribution is 5.59. The Morgan fingerprint density at radius 3 is 2.93 bits per heavy atom. The molecule has 0 bridgehead atoms. The van der Waals surface area contributed by atoms with Gasteiger partial charge in [-0.1, -0.05) is 25.1 Å². The van der Waals surface area contributed by atoms with Crippen LogP contribution in [0.25, 0.3) is 6.08 Å². The summed E-state index contributed by atoms with van der Waals surface area (Å²) in [6.07, 6.45) is 4.84. The monoisotopic (exact) mass is 192 g/mol. The minimum atomic E-state index is -0.207. The first-order valence-corrected chi connectivity index (χ1v) is 4.76. The second-order valence-electron chi connectivity index (χ2n) is 3.69. The van der Waals surface area contributed by atoms with Crippen LogP contribution in [-0.2, 0) is 6.42 Å². The Kier molecular flexibility index (Phi) is 2.28. The Balaban J connectivity index is 2.53. The van der Waals surface area contributed by atoms with E-state index in [0.717, 1.165) is 17.5 Å². The van der Waals surface area contributed by atoms with Crippen molar-refractivity contribution in [1.82, 2.24) is 0 Å². The molecule has 1 aromatic carbocycles. The molecule has 1 aromatic rings. The van der Waals surface area contributed by atoms with Crippen LogP contribution in [0, 0.1) is 11.7 Å².